The zero-order valence-corrected chi connectivity index (χ0v) is 11.5. The zero-order valence-electron chi connectivity index (χ0n) is 9.94. The molecule has 2 aromatic carbocycles. The molecule has 0 saturated carbocycles. The van der Waals surface area contributed by atoms with Gasteiger partial charge in [0.05, 0.1) is 0 Å². The fraction of sp³-hybridized carbons (Fsp3) is 0.200. The highest BCUT2D eigenvalue weighted by Crippen LogP contribution is 2.27. The van der Waals surface area contributed by atoms with Crippen LogP contribution in [-0.4, -0.2) is 6.54 Å². The molecule has 0 aliphatic heterocycles. The van der Waals surface area contributed by atoms with Gasteiger partial charge >= 0.3 is 0 Å². The lowest BCUT2D eigenvalue weighted by Crippen LogP contribution is -2.15. The van der Waals surface area contributed by atoms with E-state index < -0.39 is 0 Å². The van der Waals surface area contributed by atoms with Gasteiger partial charge in [0.25, 0.3) is 0 Å². The summed E-state index contributed by atoms with van der Waals surface area (Å²) >= 11 is 12.2. The van der Waals surface area contributed by atoms with Crippen LogP contribution in [0.4, 0.5) is 0 Å². The second-order valence-electron chi connectivity index (χ2n) is 4.29. The number of halogens is 2. The molecule has 0 aromatic heterocycles. The summed E-state index contributed by atoms with van der Waals surface area (Å²) in [5, 5.41) is 1.53. The van der Waals surface area contributed by atoms with Crippen LogP contribution in [0.25, 0.3) is 0 Å². The molecule has 2 N–H and O–H groups in total. The molecule has 0 amide bonds. The molecule has 94 valence electrons. The van der Waals surface area contributed by atoms with Crippen LogP contribution in [0, 0.1) is 0 Å². The van der Waals surface area contributed by atoms with Crippen LogP contribution in [0.5, 0.6) is 0 Å². The Morgan fingerprint density at radius 1 is 1.00 bits per heavy atom. The van der Waals surface area contributed by atoms with Crippen LogP contribution in [-0.2, 0) is 6.42 Å². The van der Waals surface area contributed by atoms with Gasteiger partial charge in [0.1, 0.15) is 0 Å². The van der Waals surface area contributed by atoms with Crippen molar-refractivity contribution in [1.29, 1.82) is 0 Å². The van der Waals surface area contributed by atoms with Gasteiger partial charge in [0.2, 0.25) is 0 Å². The summed E-state index contributed by atoms with van der Waals surface area (Å²) in [6.07, 6.45) is 0.848. The minimum atomic E-state index is 0.220. The molecule has 0 radical (unpaired) electrons. The van der Waals surface area contributed by atoms with E-state index in [9.17, 15) is 0 Å². The van der Waals surface area contributed by atoms with Crippen LogP contribution in [0.2, 0.25) is 10.0 Å². The molecule has 0 aliphatic rings. The third kappa shape index (κ3) is 3.26. The Morgan fingerprint density at radius 3 is 2.44 bits per heavy atom. The Kier molecular flexibility index (Phi) is 4.65. The zero-order chi connectivity index (χ0) is 13.0. The molecule has 0 bridgehead atoms. The smallest absolute Gasteiger partial charge is 0.0441 e. The first kappa shape index (κ1) is 13.4. The van der Waals surface area contributed by atoms with Crippen molar-refractivity contribution >= 4 is 23.2 Å². The second-order valence-corrected chi connectivity index (χ2v) is 5.13. The van der Waals surface area contributed by atoms with Crippen LogP contribution >= 0.6 is 23.2 Å². The van der Waals surface area contributed by atoms with Gasteiger partial charge in [0, 0.05) is 16.0 Å². The predicted octanol–water partition coefficient (Wildman–Crippen LogP) is 4.28. The Hall–Kier alpha value is -1.02. The summed E-state index contributed by atoms with van der Waals surface area (Å²) in [4.78, 5) is 0. The molecular formula is C15H15Cl2N. The van der Waals surface area contributed by atoms with Gasteiger partial charge in [-0.05, 0) is 42.3 Å². The minimum Gasteiger partial charge on any atom is -0.330 e. The molecule has 3 heteroatoms. The number of rotatable bonds is 4. The van der Waals surface area contributed by atoms with E-state index in [0.717, 1.165) is 22.0 Å². The minimum absolute atomic E-state index is 0.220. The molecule has 1 unspecified atom stereocenters. The van der Waals surface area contributed by atoms with Crippen molar-refractivity contribution in [3.63, 3.8) is 0 Å². The van der Waals surface area contributed by atoms with Crippen molar-refractivity contribution in [3.8, 4) is 0 Å². The molecule has 0 heterocycles. The Bertz CT molecular complexity index is 525. The van der Waals surface area contributed by atoms with Crippen LogP contribution in [0.3, 0.4) is 0 Å². The molecular weight excluding hydrogens is 265 g/mol. The molecule has 1 atom stereocenters. The van der Waals surface area contributed by atoms with Crippen molar-refractivity contribution in [1.82, 2.24) is 0 Å². The third-order valence-electron chi connectivity index (χ3n) is 3.00. The first-order valence-electron chi connectivity index (χ1n) is 5.89. The number of hydrogen-bond donors (Lipinski definition) is 1. The normalized spacial score (nSPS) is 12.4. The summed E-state index contributed by atoms with van der Waals surface area (Å²) in [6.45, 7) is 0.566. The lowest BCUT2D eigenvalue weighted by molar-refractivity contribution is 0.694. The van der Waals surface area contributed by atoms with Gasteiger partial charge in [-0.2, -0.15) is 0 Å². The van der Waals surface area contributed by atoms with Crippen molar-refractivity contribution < 1.29 is 0 Å². The molecule has 2 aromatic rings. The number of nitrogens with two attached hydrogens (primary N) is 1. The maximum atomic E-state index is 6.21. The largest absolute Gasteiger partial charge is 0.330 e. The standard InChI is InChI=1S/C15H15Cl2N/c16-13-5-3-4-11(9-13)8-12(10-18)14-6-1-2-7-15(14)17/h1-7,9,12H,8,10,18H2. The van der Waals surface area contributed by atoms with Crippen molar-refractivity contribution in [3.05, 3.63) is 69.7 Å². The fourth-order valence-electron chi connectivity index (χ4n) is 2.07. The lowest BCUT2D eigenvalue weighted by Gasteiger charge is -2.16. The van der Waals surface area contributed by atoms with Crippen molar-refractivity contribution in [2.75, 3.05) is 6.54 Å². The Labute approximate surface area is 118 Å². The van der Waals surface area contributed by atoms with E-state index in [2.05, 4.69) is 6.07 Å². The van der Waals surface area contributed by atoms with Gasteiger partial charge in [-0.1, -0.05) is 53.5 Å². The average Bonchev–Trinajstić information content (AvgIpc) is 2.37. The molecule has 0 fully saturated rings. The van der Waals surface area contributed by atoms with E-state index in [1.165, 1.54) is 5.56 Å². The van der Waals surface area contributed by atoms with Crippen LogP contribution < -0.4 is 5.73 Å². The summed E-state index contributed by atoms with van der Waals surface area (Å²) in [7, 11) is 0. The van der Waals surface area contributed by atoms with E-state index in [1.54, 1.807) is 0 Å². The average molecular weight is 280 g/mol. The highest BCUT2D eigenvalue weighted by atomic mass is 35.5. The monoisotopic (exact) mass is 279 g/mol. The molecule has 0 spiro atoms. The number of benzene rings is 2. The first-order valence-corrected chi connectivity index (χ1v) is 6.65. The van der Waals surface area contributed by atoms with Gasteiger partial charge in [-0.25, -0.2) is 0 Å². The third-order valence-corrected chi connectivity index (χ3v) is 3.58. The molecule has 1 nitrogen and oxygen atoms in total. The van der Waals surface area contributed by atoms with E-state index in [4.69, 9.17) is 28.9 Å². The SMILES string of the molecule is NCC(Cc1cccc(Cl)c1)c1ccccc1Cl. The molecule has 0 aliphatic carbocycles. The maximum Gasteiger partial charge on any atom is 0.0441 e. The highest BCUT2D eigenvalue weighted by molar-refractivity contribution is 6.31. The van der Waals surface area contributed by atoms with Crippen LogP contribution in [0.1, 0.15) is 17.0 Å². The first-order chi connectivity index (χ1) is 8.70. The maximum absolute atomic E-state index is 6.21. The van der Waals surface area contributed by atoms with Gasteiger partial charge in [-0.3, -0.25) is 0 Å². The van der Waals surface area contributed by atoms with Crippen molar-refractivity contribution in [2.24, 2.45) is 5.73 Å². The predicted molar refractivity (Wildman–Crippen MR) is 78.4 cm³/mol. The van der Waals surface area contributed by atoms with Crippen LogP contribution in [0.15, 0.2) is 48.5 Å². The van der Waals surface area contributed by atoms with Gasteiger partial charge in [0.15, 0.2) is 0 Å². The van der Waals surface area contributed by atoms with E-state index >= 15 is 0 Å². The summed E-state index contributed by atoms with van der Waals surface area (Å²) in [6, 6.07) is 15.7. The summed E-state index contributed by atoms with van der Waals surface area (Å²) in [5.41, 5.74) is 8.15. The van der Waals surface area contributed by atoms with E-state index in [1.807, 2.05) is 42.5 Å². The molecule has 0 saturated heterocycles. The van der Waals surface area contributed by atoms with Gasteiger partial charge in [-0.15, -0.1) is 0 Å². The number of hydrogen-bond acceptors (Lipinski definition) is 1. The Morgan fingerprint density at radius 2 is 1.78 bits per heavy atom. The topological polar surface area (TPSA) is 26.0 Å². The van der Waals surface area contributed by atoms with Crippen molar-refractivity contribution in [2.45, 2.75) is 12.3 Å². The highest BCUT2D eigenvalue weighted by Gasteiger charge is 2.13. The summed E-state index contributed by atoms with van der Waals surface area (Å²) < 4.78 is 0. The van der Waals surface area contributed by atoms with E-state index in [-0.39, 0.29) is 5.92 Å². The lowest BCUT2D eigenvalue weighted by atomic mass is 9.92. The second kappa shape index (κ2) is 6.24. The fourth-order valence-corrected chi connectivity index (χ4v) is 2.58. The molecule has 18 heavy (non-hydrogen) atoms. The van der Waals surface area contributed by atoms with E-state index in [0.29, 0.717) is 6.54 Å². The Balaban J connectivity index is 2.23. The summed E-state index contributed by atoms with van der Waals surface area (Å²) in [5.74, 6) is 0.220. The molecule has 2 rings (SSSR count). The quantitative estimate of drug-likeness (QED) is 0.888. The van der Waals surface area contributed by atoms with Gasteiger partial charge < -0.3 is 5.73 Å².